The highest BCUT2D eigenvalue weighted by molar-refractivity contribution is 6.21. The predicted octanol–water partition coefficient (Wildman–Crippen LogP) is 3.14. The molecular weight excluding hydrogens is 320 g/mol. The van der Waals surface area contributed by atoms with Gasteiger partial charge in [0.2, 0.25) is 0 Å². The van der Waals surface area contributed by atoms with E-state index in [1.807, 2.05) is 19.1 Å². The number of benzene rings is 1. The molecule has 6 heteroatoms. The van der Waals surface area contributed by atoms with Gasteiger partial charge in [-0.15, -0.1) is 0 Å². The highest BCUT2D eigenvalue weighted by Crippen LogP contribution is 2.23. The van der Waals surface area contributed by atoms with Crippen molar-refractivity contribution in [2.75, 3.05) is 6.54 Å². The Hall–Kier alpha value is -2.63. The lowest BCUT2D eigenvalue weighted by atomic mass is 10.1. The van der Waals surface area contributed by atoms with Gasteiger partial charge in [0, 0.05) is 6.54 Å². The number of fused-ring (bicyclic) bond motifs is 1. The molecule has 1 aromatic carbocycles. The summed E-state index contributed by atoms with van der Waals surface area (Å²) in [5, 5.41) is 2.74. The fourth-order valence-electron chi connectivity index (χ4n) is 2.58. The number of hydrogen-bond donors (Lipinski definition) is 1. The first-order chi connectivity index (χ1) is 11.7. The Kier molecular flexibility index (Phi) is 5.62. The Balaban J connectivity index is 2.11. The minimum atomic E-state index is -0.620. The molecule has 1 N–H and O–H groups in total. The Morgan fingerprint density at radius 3 is 2.24 bits per heavy atom. The molecule has 0 aromatic heterocycles. The highest BCUT2D eigenvalue weighted by atomic mass is 16.6. The first kappa shape index (κ1) is 18.7. The summed E-state index contributed by atoms with van der Waals surface area (Å²) in [6.45, 7) is 7.29. The third-order valence-corrected chi connectivity index (χ3v) is 3.66. The SMILES string of the molecule is C/C=C/C[C@@H](CN1C(=O)c2ccccc2C1=O)NC(=O)OC(C)(C)C. The summed E-state index contributed by atoms with van der Waals surface area (Å²) in [5.41, 5.74) is 0.175. The monoisotopic (exact) mass is 344 g/mol. The maximum atomic E-state index is 12.5. The lowest BCUT2D eigenvalue weighted by Crippen LogP contribution is -2.47. The molecular formula is C19H24N2O4. The van der Waals surface area contributed by atoms with Crippen molar-refractivity contribution in [3.8, 4) is 0 Å². The standard InChI is InChI=1S/C19H24N2O4/c1-5-6-9-13(20-18(24)25-19(2,3)4)12-21-16(22)14-10-7-8-11-15(14)17(21)23/h5-8,10-11,13H,9,12H2,1-4H3,(H,20,24)/b6-5+/t13-/m0/s1. The maximum absolute atomic E-state index is 12.5. The second-order valence-corrected chi connectivity index (χ2v) is 6.91. The van der Waals surface area contributed by atoms with Gasteiger partial charge in [-0.25, -0.2) is 4.79 Å². The number of hydrogen-bond acceptors (Lipinski definition) is 4. The smallest absolute Gasteiger partial charge is 0.407 e. The summed E-state index contributed by atoms with van der Waals surface area (Å²) in [6, 6.07) is 6.30. The lowest BCUT2D eigenvalue weighted by Gasteiger charge is -2.25. The van der Waals surface area contributed by atoms with Crippen molar-refractivity contribution < 1.29 is 19.1 Å². The summed E-state index contributed by atoms with van der Waals surface area (Å²) in [4.78, 5) is 38.2. The molecule has 0 aliphatic carbocycles. The van der Waals surface area contributed by atoms with Crippen LogP contribution in [-0.4, -0.2) is 41.0 Å². The van der Waals surface area contributed by atoms with Crippen molar-refractivity contribution in [1.29, 1.82) is 0 Å². The Bertz CT molecular complexity index is 669. The zero-order valence-corrected chi connectivity index (χ0v) is 15.0. The molecule has 0 bridgehead atoms. The van der Waals surface area contributed by atoms with Crippen molar-refractivity contribution >= 4 is 17.9 Å². The van der Waals surface area contributed by atoms with Crippen molar-refractivity contribution in [2.45, 2.75) is 45.8 Å². The van der Waals surface area contributed by atoms with Crippen molar-refractivity contribution in [1.82, 2.24) is 10.2 Å². The first-order valence-corrected chi connectivity index (χ1v) is 8.29. The number of alkyl carbamates (subject to hydrolysis) is 1. The second-order valence-electron chi connectivity index (χ2n) is 6.91. The van der Waals surface area contributed by atoms with E-state index in [1.54, 1.807) is 45.0 Å². The predicted molar refractivity (Wildman–Crippen MR) is 94.4 cm³/mol. The minimum Gasteiger partial charge on any atom is -0.444 e. The van der Waals surface area contributed by atoms with Gasteiger partial charge in [0.15, 0.2) is 0 Å². The van der Waals surface area contributed by atoms with E-state index in [0.717, 1.165) is 0 Å². The van der Waals surface area contributed by atoms with Crippen LogP contribution in [0.1, 0.15) is 54.8 Å². The van der Waals surface area contributed by atoms with Crippen LogP contribution in [0.2, 0.25) is 0 Å². The maximum Gasteiger partial charge on any atom is 0.407 e. The van der Waals surface area contributed by atoms with Crippen molar-refractivity contribution in [2.24, 2.45) is 0 Å². The molecule has 1 heterocycles. The lowest BCUT2D eigenvalue weighted by molar-refractivity contribution is 0.0469. The highest BCUT2D eigenvalue weighted by Gasteiger charge is 2.36. The van der Waals surface area contributed by atoms with Gasteiger partial charge in [-0.3, -0.25) is 14.5 Å². The average molecular weight is 344 g/mol. The zero-order chi connectivity index (χ0) is 18.6. The summed E-state index contributed by atoms with van der Waals surface area (Å²) in [7, 11) is 0. The molecule has 1 atom stereocenters. The van der Waals surface area contributed by atoms with Gasteiger partial charge in [0.25, 0.3) is 11.8 Å². The molecule has 134 valence electrons. The van der Waals surface area contributed by atoms with E-state index in [4.69, 9.17) is 4.74 Å². The Morgan fingerprint density at radius 1 is 1.20 bits per heavy atom. The van der Waals surface area contributed by atoms with Gasteiger partial charge < -0.3 is 10.1 Å². The molecule has 0 saturated carbocycles. The molecule has 1 aliphatic heterocycles. The van der Waals surface area contributed by atoms with E-state index < -0.39 is 17.7 Å². The van der Waals surface area contributed by atoms with Crippen LogP contribution in [-0.2, 0) is 4.74 Å². The fourth-order valence-corrected chi connectivity index (χ4v) is 2.58. The van der Waals surface area contributed by atoms with E-state index in [-0.39, 0.29) is 18.4 Å². The van der Waals surface area contributed by atoms with E-state index >= 15 is 0 Å². The van der Waals surface area contributed by atoms with Crippen LogP contribution in [0.4, 0.5) is 4.79 Å². The summed E-state index contributed by atoms with van der Waals surface area (Å²) in [5.74, 6) is -0.672. The number of allylic oxidation sites excluding steroid dienone is 1. The van der Waals surface area contributed by atoms with Gasteiger partial charge in [0.1, 0.15) is 5.60 Å². The van der Waals surface area contributed by atoms with Crippen LogP contribution in [0.5, 0.6) is 0 Å². The molecule has 2 rings (SSSR count). The quantitative estimate of drug-likeness (QED) is 0.658. The number of amides is 3. The van der Waals surface area contributed by atoms with Crippen LogP contribution in [0, 0.1) is 0 Å². The van der Waals surface area contributed by atoms with E-state index in [9.17, 15) is 14.4 Å². The van der Waals surface area contributed by atoms with Crippen LogP contribution in [0.3, 0.4) is 0 Å². The van der Waals surface area contributed by atoms with Gasteiger partial charge >= 0.3 is 6.09 Å². The van der Waals surface area contributed by atoms with Gasteiger partial charge in [-0.2, -0.15) is 0 Å². The number of carbonyl (C=O) groups is 3. The summed E-state index contributed by atoms with van der Waals surface area (Å²) < 4.78 is 5.27. The average Bonchev–Trinajstić information content (AvgIpc) is 2.76. The third-order valence-electron chi connectivity index (χ3n) is 3.66. The molecule has 0 fully saturated rings. The molecule has 6 nitrogen and oxygen atoms in total. The molecule has 25 heavy (non-hydrogen) atoms. The Labute approximate surface area is 147 Å². The van der Waals surface area contributed by atoms with Crippen LogP contribution in [0.25, 0.3) is 0 Å². The van der Waals surface area contributed by atoms with E-state index in [0.29, 0.717) is 17.5 Å². The number of nitrogens with zero attached hydrogens (tertiary/aromatic N) is 1. The second kappa shape index (κ2) is 7.51. The van der Waals surface area contributed by atoms with Gasteiger partial charge in [-0.05, 0) is 46.2 Å². The Morgan fingerprint density at radius 2 is 1.76 bits per heavy atom. The number of imide groups is 1. The topological polar surface area (TPSA) is 75.7 Å². The fraction of sp³-hybridized carbons (Fsp3) is 0.421. The number of rotatable bonds is 5. The van der Waals surface area contributed by atoms with Crippen molar-refractivity contribution in [3.63, 3.8) is 0 Å². The van der Waals surface area contributed by atoms with Gasteiger partial charge in [0.05, 0.1) is 17.2 Å². The van der Waals surface area contributed by atoms with E-state index in [2.05, 4.69) is 5.32 Å². The number of nitrogens with one attached hydrogen (secondary N) is 1. The number of carbonyl (C=O) groups excluding carboxylic acids is 3. The third kappa shape index (κ3) is 4.68. The molecule has 0 saturated heterocycles. The minimum absolute atomic E-state index is 0.0932. The molecule has 3 amide bonds. The summed E-state index contributed by atoms with van der Waals surface area (Å²) in [6.07, 6.45) is 3.65. The van der Waals surface area contributed by atoms with Crippen LogP contribution >= 0.6 is 0 Å². The zero-order valence-electron chi connectivity index (χ0n) is 15.0. The molecule has 1 aromatic rings. The molecule has 1 aliphatic rings. The first-order valence-electron chi connectivity index (χ1n) is 8.29. The summed E-state index contributed by atoms with van der Waals surface area (Å²) >= 11 is 0. The van der Waals surface area contributed by atoms with E-state index in [1.165, 1.54) is 4.90 Å². The van der Waals surface area contributed by atoms with Crippen molar-refractivity contribution in [3.05, 3.63) is 47.5 Å². The van der Waals surface area contributed by atoms with Crippen LogP contribution in [0.15, 0.2) is 36.4 Å². The number of ether oxygens (including phenoxy) is 1. The molecule has 0 unspecified atom stereocenters. The van der Waals surface area contributed by atoms with Crippen LogP contribution < -0.4 is 5.32 Å². The molecule has 0 spiro atoms. The molecule has 0 radical (unpaired) electrons. The normalized spacial score (nSPS) is 15.4. The largest absolute Gasteiger partial charge is 0.444 e. The van der Waals surface area contributed by atoms with Gasteiger partial charge in [-0.1, -0.05) is 24.3 Å².